The van der Waals surface area contributed by atoms with Gasteiger partial charge in [-0.05, 0) is 18.2 Å². The molecule has 8 heteroatoms. The smallest absolute Gasteiger partial charge is 0.243 e. The maximum Gasteiger partial charge on any atom is 0.243 e. The van der Waals surface area contributed by atoms with Crippen LogP contribution in [0.3, 0.4) is 0 Å². The van der Waals surface area contributed by atoms with Crippen LogP contribution in [-0.2, 0) is 10.0 Å². The van der Waals surface area contributed by atoms with E-state index in [0.29, 0.717) is 44.2 Å². The zero-order valence-corrected chi connectivity index (χ0v) is 12.8. The molecule has 1 aromatic carbocycles. The van der Waals surface area contributed by atoms with Gasteiger partial charge in [0.25, 0.3) is 0 Å². The van der Waals surface area contributed by atoms with Crippen LogP contribution in [0.1, 0.15) is 0 Å². The van der Waals surface area contributed by atoms with Crippen molar-refractivity contribution in [1.29, 1.82) is 0 Å². The number of nitrogen functional groups attached to an aromatic ring is 1. The summed E-state index contributed by atoms with van der Waals surface area (Å²) in [4.78, 5) is 2.21. The van der Waals surface area contributed by atoms with E-state index in [1.165, 1.54) is 23.5 Å². The fraction of sp³-hybridized carbons (Fsp3) is 0.538. The summed E-state index contributed by atoms with van der Waals surface area (Å²) >= 11 is 0. The largest absolute Gasteiger partial charge is 0.495 e. The molecule has 1 fully saturated rings. The van der Waals surface area contributed by atoms with Crippen molar-refractivity contribution in [2.45, 2.75) is 4.90 Å². The molecular formula is C13H21N3O4S. The van der Waals surface area contributed by atoms with Gasteiger partial charge in [0, 0.05) is 32.7 Å². The molecule has 0 unspecified atom stereocenters. The summed E-state index contributed by atoms with van der Waals surface area (Å²) in [5, 5.41) is 8.90. The van der Waals surface area contributed by atoms with Gasteiger partial charge in [-0.25, -0.2) is 8.42 Å². The van der Waals surface area contributed by atoms with Gasteiger partial charge in [0.1, 0.15) is 5.75 Å². The third kappa shape index (κ3) is 3.46. The minimum absolute atomic E-state index is 0.0851. The number of ether oxygens (including phenoxy) is 1. The van der Waals surface area contributed by atoms with Crippen LogP contribution < -0.4 is 10.5 Å². The zero-order valence-electron chi connectivity index (χ0n) is 12.0. The van der Waals surface area contributed by atoms with Crippen molar-refractivity contribution in [3.8, 4) is 5.75 Å². The molecule has 0 atom stereocenters. The van der Waals surface area contributed by atoms with Crippen molar-refractivity contribution in [2.75, 3.05) is 52.2 Å². The number of rotatable bonds is 5. The van der Waals surface area contributed by atoms with Gasteiger partial charge in [-0.15, -0.1) is 0 Å². The van der Waals surface area contributed by atoms with Crippen molar-refractivity contribution in [3.63, 3.8) is 0 Å². The van der Waals surface area contributed by atoms with Crippen LogP contribution in [0.15, 0.2) is 23.1 Å². The molecule has 1 heterocycles. The van der Waals surface area contributed by atoms with Gasteiger partial charge >= 0.3 is 0 Å². The molecule has 0 amide bonds. The van der Waals surface area contributed by atoms with Crippen LogP contribution >= 0.6 is 0 Å². The molecule has 3 N–H and O–H groups in total. The predicted octanol–water partition coefficient (Wildman–Crippen LogP) is -0.424. The van der Waals surface area contributed by atoms with E-state index in [9.17, 15) is 8.42 Å². The summed E-state index contributed by atoms with van der Waals surface area (Å²) in [5.41, 5.74) is 6.08. The first-order chi connectivity index (χ1) is 9.98. The number of benzene rings is 1. The maximum absolute atomic E-state index is 12.6. The van der Waals surface area contributed by atoms with E-state index in [1.807, 2.05) is 4.90 Å². The van der Waals surface area contributed by atoms with Crippen molar-refractivity contribution < 1.29 is 18.3 Å². The topological polar surface area (TPSA) is 96.1 Å². The number of sulfonamides is 1. The van der Waals surface area contributed by atoms with E-state index in [-0.39, 0.29) is 11.5 Å². The summed E-state index contributed by atoms with van der Waals surface area (Å²) < 4.78 is 31.6. The highest BCUT2D eigenvalue weighted by molar-refractivity contribution is 7.89. The highest BCUT2D eigenvalue weighted by Gasteiger charge is 2.28. The Morgan fingerprint density at radius 3 is 2.48 bits per heavy atom. The van der Waals surface area contributed by atoms with Crippen LogP contribution in [0.5, 0.6) is 5.75 Å². The van der Waals surface area contributed by atoms with Gasteiger partial charge in [0.05, 0.1) is 24.3 Å². The van der Waals surface area contributed by atoms with Crippen molar-refractivity contribution in [3.05, 3.63) is 18.2 Å². The third-order valence-electron chi connectivity index (χ3n) is 3.59. The minimum atomic E-state index is -3.54. The standard InChI is InChI=1S/C13H21N3O4S/c1-20-13-3-2-11(10-12(13)14)21(18,19)16-6-4-15(5-7-16)8-9-17/h2-3,10,17H,4-9,14H2,1H3. The zero-order chi connectivity index (χ0) is 15.5. The molecule has 1 aliphatic heterocycles. The first kappa shape index (κ1) is 16.0. The number of hydrogen-bond donors (Lipinski definition) is 2. The molecule has 1 aromatic rings. The van der Waals surface area contributed by atoms with E-state index in [1.54, 1.807) is 6.07 Å². The first-order valence-electron chi connectivity index (χ1n) is 6.76. The number of aliphatic hydroxyl groups excluding tert-OH is 1. The number of hydrogen-bond acceptors (Lipinski definition) is 6. The summed E-state index contributed by atoms with van der Waals surface area (Å²) in [6, 6.07) is 4.49. The van der Waals surface area contributed by atoms with Gasteiger partial charge in [0.15, 0.2) is 0 Å². The Balaban J connectivity index is 2.14. The van der Waals surface area contributed by atoms with E-state index in [4.69, 9.17) is 15.6 Å². The Bertz CT molecular complexity index is 583. The van der Waals surface area contributed by atoms with Gasteiger partial charge in [-0.3, -0.25) is 4.90 Å². The van der Waals surface area contributed by atoms with E-state index in [0.717, 1.165) is 0 Å². The molecule has 0 aliphatic carbocycles. The Labute approximate surface area is 125 Å². The number of aliphatic hydroxyl groups is 1. The molecule has 2 rings (SSSR count). The monoisotopic (exact) mass is 315 g/mol. The second-order valence-electron chi connectivity index (χ2n) is 4.87. The second-order valence-corrected chi connectivity index (χ2v) is 6.81. The van der Waals surface area contributed by atoms with Crippen LogP contribution in [-0.4, -0.2) is 69.2 Å². The van der Waals surface area contributed by atoms with Gasteiger partial charge in [-0.2, -0.15) is 4.31 Å². The average Bonchev–Trinajstić information content (AvgIpc) is 2.48. The van der Waals surface area contributed by atoms with Gasteiger partial charge < -0.3 is 15.6 Å². The van der Waals surface area contributed by atoms with Crippen molar-refractivity contribution in [2.24, 2.45) is 0 Å². The Morgan fingerprint density at radius 1 is 1.29 bits per heavy atom. The van der Waals surface area contributed by atoms with Crippen molar-refractivity contribution in [1.82, 2.24) is 9.21 Å². The van der Waals surface area contributed by atoms with Gasteiger partial charge in [-0.1, -0.05) is 0 Å². The molecule has 7 nitrogen and oxygen atoms in total. The number of piperazine rings is 1. The first-order valence-corrected chi connectivity index (χ1v) is 8.20. The lowest BCUT2D eigenvalue weighted by atomic mass is 10.3. The van der Waals surface area contributed by atoms with Gasteiger partial charge in [0.2, 0.25) is 10.0 Å². The lowest BCUT2D eigenvalue weighted by molar-refractivity contribution is 0.151. The third-order valence-corrected chi connectivity index (χ3v) is 5.48. The molecule has 0 radical (unpaired) electrons. The molecule has 0 saturated carbocycles. The second kappa shape index (κ2) is 6.61. The quantitative estimate of drug-likeness (QED) is 0.716. The Morgan fingerprint density at radius 2 is 1.95 bits per heavy atom. The molecule has 21 heavy (non-hydrogen) atoms. The summed E-state index contributed by atoms with van der Waals surface area (Å²) in [6.45, 7) is 2.71. The Hall–Kier alpha value is -1.35. The molecule has 0 bridgehead atoms. The fourth-order valence-corrected chi connectivity index (χ4v) is 3.81. The fourth-order valence-electron chi connectivity index (χ4n) is 2.36. The molecule has 1 saturated heterocycles. The molecular weight excluding hydrogens is 294 g/mol. The number of nitrogens with two attached hydrogens (primary N) is 1. The van der Waals surface area contributed by atoms with Crippen LogP contribution in [0, 0.1) is 0 Å². The summed E-state index contributed by atoms with van der Waals surface area (Å²) in [7, 11) is -2.05. The highest BCUT2D eigenvalue weighted by atomic mass is 32.2. The normalized spacial score (nSPS) is 17.8. The molecule has 118 valence electrons. The SMILES string of the molecule is COc1ccc(S(=O)(=O)N2CCN(CCO)CC2)cc1N. The van der Waals surface area contributed by atoms with Crippen LogP contribution in [0.2, 0.25) is 0 Å². The molecule has 1 aliphatic rings. The summed E-state index contributed by atoms with van der Waals surface area (Å²) in [5.74, 6) is 0.460. The minimum Gasteiger partial charge on any atom is -0.495 e. The number of methoxy groups -OCH3 is 1. The number of nitrogens with zero attached hydrogens (tertiary/aromatic N) is 2. The summed E-state index contributed by atoms with van der Waals surface area (Å²) in [6.07, 6.45) is 0. The van der Waals surface area contributed by atoms with Crippen LogP contribution in [0.4, 0.5) is 5.69 Å². The van der Waals surface area contributed by atoms with Crippen LogP contribution in [0.25, 0.3) is 0 Å². The van der Waals surface area contributed by atoms with E-state index < -0.39 is 10.0 Å². The average molecular weight is 315 g/mol. The Kier molecular flexibility index (Phi) is 5.04. The highest BCUT2D eigenvalue weighted by Crippen LogP contribution is 2.26. The number of anilines is 1. The number of β-amino-alcohol motifs (C(OH)–C–C–N with tert-alkyl or cyclic N) is 1. The maximum atomic E-state index is 12.6. The lowest BCUT2D eigenvalue weighted by Crippen LogP contribution is -2.49. The molecule has 0 spiro atoms. The van der Waals surface area contributed by atoms with E-state index >= 15 is 0 Å². The van der Waals surface area contributed by atoms with E-state index in [2.05, 4.69) is 0 Å². The van der Waals surface area contributed by atoms with Crippen molar-refractivity contribution >= 4 is 15.7 Å². The lowest BCUT2D eigenvalue weighted by Gasteiger charge is -2.33. The molecule has 0 aromatic heterocycles. The predicted molar refractivity (Wildman–Crippen MR) is 79.7 cm³/mol.